The summed E-state index contributed by atoms with van der Waals surface area (Å²) in [7, 11) is -3.62. The number of nitrogens with one attached hydrogen (secondary N) is 2. The molecule has 0 atom stereocenters. The van der Waals surface area contributed by atoms with Crippen LogP contribution in [0.15, 0.2) is 12.5 Å². The minimum absolute atomic E-state index is 0. The molecule has 1 saturated carbocycles. The molecule has 3 N–H and O–H groups in total. The zero-order valence-corrected chi connectivity index (χ0v) is 19.8. The second-order valence-corrected chi connectivity index (χ2v) is 9.82. The van der Waals surface area contributed by atoms with Crippen LogP contribution < -0.4 is 10.6 Å². The molecule has 0 aromatic carbocycles. The Labute approximate surface area is 195 Å². The number of piperidine rings is 1. The summed E-state index contributed by atoms with van der Waals surface area (Å²) in [5, 5.41) is 15.2. The Kier molecular flexibility index (Phi) is 10.7. The van der Waals surface area contributed by atoms with Gasteiger partial charge in [0.1, 0.15) is 6.54 Å². The van der Waals surface area contributed by atoms with Crippen LogP contribution in [0.25, 0.3) is 0 Å². The first-order valence-corrected chi connectivity index (χ1v) is 11.8. The van der Waals surface area contributed by atoms with Crippen molar-refractivity contribution in [2.75, 3.05) is 31.2 Å². The van der Waals surface area contributed by atoms with Crippen LogP contribution in [0.5, 0.6) is 0 Å². The average Bonchev–Trinajstić information content (AvgIpc) is 3.14. The van der Waals surface area contributed by atoms with Crippen molar-refractivity contribution in [3.05, 3.63) is 12.5 Å². The van der Waals surface area contributed by atoms with Gasteiger partial charge in [-0.1, -0.05) is 0 Å². The van der Waals surface area contributed by atoms with Gasteiger partial charge in [0.15, 0.2) is 5.82 Å². The normalized spacial score (nSPS) is 22.3. The summed E-state index contributed by atoms with van der Waals surface area (Å²) in [6, 6.07) is 0.00493. The molecule has 0 radical (unpaired) electrons. The summed E-state index contributed by atoms with van der Waals surface area (Å²) >= 11 is 0. The number of sulfonamides is 1. The maximum absolute atomic E-state index is 12.6. The lowest BCUT2D eigenvalue weighted by Crippen LogP contribution is -2.45. The maximum Gasteiger partial charge on any atom is 0.318 e. The van der Waals surface area contributed by atoms with Crippen molar-refractivity contribution in [2.45, 2.75) is 50.6 Å². The van der Waals surface area contributed by atoms with Crippen molar-refractivity contribution in [2.24, 2.45) is 5.92 Å². The molecule has 31 heavy (non-hydrogen) atoms. The van der Waals surface area contributed by atoms with Crippen LogP contribution >= 0.6 is 24.8 Å². The highest BCUT2D eigenvalue weighted by Gasteiger charge is 2.34. The number of nitrogens with zero attached hydrogens (tertiary/aromatic N) is 3. The third-order valence-corrected chi connectivity index (χ3v) is 7.05. The maximum atomic E-state index is 12.6. The lowest BCUT2D eigenvalue weighted by Gasteiger charge is -2.34. The van der Waals surface area contributed by atoms with E-state index in [1.54, 1.807) is 6.33 Å². The van der Waals surface area contributed by atoms with Crippen LogP contribution in [0, 0.1) is 5.92 Å². The molecule has 1 saturated heterocycles. The largest absolute Gasteiger partial charge is 0.480 e. The Hall–Kier alpha value is -1.40. The summed E-state index contributed by atoms with van der Waals surface area (Å²) in [5.41, 5.74) is 0. The molecular formula is C18H31Cl2N5O5S. The van der Waals surface area contributed by atoms with E-state index in [1.165, 1.54) is 0 Å². The number of carbonyl (C=O) groups excluding carboxylic acids is 1. The number of aromatic nitrogens is 2. The van der Waals surface area contributed by atoms with Crippen molar-refractivity contribution in [1.82, 2.24) is 19.2 Å². The van der Waals surface area contributed by atoms with Gasteiger partial charge in [-0.3, -0.25) is 9.59 Å². The van der Waals surface area contributed by atoms with E-state index in [4.69, 9.17) is 5.11 Å². The topological polar surface area (TPSA) is 134 Å². The second-order valence-electron chi connectivity index (χ2n) is 7.88. The van der Waals surface area contributed by atoms with Crippen molar-refractivity contribution in [3.63, 3.8) is 0 Å². The summed E-state index contributed by atoms with van der Waals surface area (Å²) in [6.45, 7) is 1.40. The van der Waals surface area contributed by atoms with Gasteiger partial charge in [-0.15, -0.1) is 24.8 Å². The fourth-order valence-electron chi connectivity index (χ4n) is 4.21. The number of carboxylic acids is 1. The van der Waals surface area contributed by atoms with Gasteiger partial charge in [0.2, 0.25) is 15.9 Å². The van der Waals surface area contributed by atoms with Gasteiger partial charge in [0, 0.05) is 24.2 Å². The quantitative estimate of drug-likeness (QED) is 0.517. The number of hydrogen-bond donors (Lipinski definition) is 3. The fourth-order valence-corrected chi connectivity index (χ4v) is 5.31. The molecule has 0 spiro atoms. The number of rotatable bonds is 7. The predicted molar refractivity (Wildman–Crippen MR) is 121 cm³/mol. The Morgan fingerprint density at radius 2 is 1.81 bits per heavy atom. The van der Waals surface area contributed by atoms with E-state index in [-0.39, 0.29) is 42.7 Å². The van der Waals surface area contributed by atoms with Crippen molar-refractivity contribution in [3.8, 4) is 0 Å². The molecule has 178 valence electrons. The molecule has 2 heterocycles. The van der Waals surface area contributed by atoms with E-state index in [1.807, 2.05) is 10.8 Å². The van der Waals surface area contributed by atoms with Gasteiger partial charge < -0.3 is 20.3 Å². The summed E-state index contributed by atoms with van der Waals surface area (Å²) in [4.78, 5) is 27.9. The van der Waals surface area contributed by atoms with E-state index in [2.05, 4.69) is 15.6 Å². The lowest BCUT2D eigenvalue weighted by atomic mass is 9.85. The standard InChI is InChI=1S/C18H29N5O5S.2ClH/c1-29(27,28)23(11-17(24)25)15-4-2-13(3-5-15)18(26)21-16-10-22(12-20-16)14-6-8-19-9-7-14;;/h10,12-15,19H,2-9,11H2,1H3,(H,21,26)(H,24,25);2*1H/t13-,15-;;. The third kappa shape index (κ3) is 7.60. The van der Waals surface area contributed by atoms with Crippen LogP contribution in [0.1, 0.15) is 44.6 Å². The molecule has 1 aromatic rings. The van der Waals surface area contributed by atoms with Gasteiger partial charge in [-0.2, -0.15) is 4.31 Å². The minimum atomic E-state index is -3.62. The molecule has 10 nitrogen and oxygen atoms in total. The average molecular weight is 500 g/mol. The summed E-state index contributed by atoms with van der Waals surface area (Å²) in [5.74, 6) is -1.01. The summed E-state index contributed by atoms with van der Waals surface area (Å²) < 4.78 is 26.9. The highest BCUT2D eigenvalue weighted by atomic mass is 35.5. The van der Waals surface area contributed by atoms with Crippen molar-refractivity contribution in [1.29, 1.82) is 0 Å². The zero-order chi connectivity index (χ0) is 21.0. The van der Waals surface area contributed by atoms with Gasteiger partial charge >= 0.3 is 5.97 Å². The first-order chi connectivity index (χ1) is 13.7. The SMILES string of the molecule is CS(=O)(=O)N(CC(=O)O)[C@H]1CC[C@H](C(=O)Nc2cn(C3CCNCC3)cn2)CC1.Cl.Cl. The molecule has 1 aromatic heterocycles. The van der Waals surface area contributed by atoms with Gasteiger partial charge in [-0.05, 0) is 51.6 Å². The smallest absolute Gasteiger partial charge is 0.318 e. The van der Waals surface area contributed by atoms with Crippen LogP contribution in [0.4, 0.5) is 5.82 Å². The molecular weight excluding hydrogens is 469 g/mol. The van der Waals surface area contributed by atoms with Crippen LogP contribution in [-0.2, 0) is 19.6 Å². The number of anilines is 1. The second kappa shape index (κ2) is 12.0. The van der Waals surface area contributed by atoms with Gasteiger partial charge in [-0.25, -0.2) is 13.4 Å². The third-order valence-electron chi connectivity index (χ3n) is 5.77. The monoisotopic (exact) mass is 499 g/mol. The predicted octanol–water partition coefficient (Wildman–Crippen LogP) is 1.49. The Bertz CT molecular complexity index is 836. The van der Waals surface area contributed by atoms with Crippen LogP contribution in [0.2, 0.25) is 0 Å². The van der Waals surface area contributed by atoms with E-state index < -0.39 is 22.5 Å². The highest BCUT2D eigenvalue weighted by molar-refractivity contribution is 7.88. The number of imidazole rings is 1. The van der Waals surface area contributed by atoms with E-state index in [9.17, 15) is 18.0 Å². The van der Waals surface area contributed by atoms with Crippen molar-refractivity contribution >= 4 is 52.5 Å². The lowest BCUT2D eigenvalue weighted by molar-refractivity contribution is -0.137. The Morgan fingerprint density at radius 1 is 1.19 bits per heavy atom. The fraction of sp³-hybridized carbons (Fsp3) is 0.722. The first kappa shape index (κ1) is 27.6. The van der Waals surface area contributed by atoms with Gasteiger partial charge in [0.05, 0.1) is 12.6 Å². The van der Waals surface area contributed by atoms with E-state index in [0.717, 1.165) is 36.5 Å². The van der Waals surface area contributed by atoms with Gasteiger partial charge in [0.25, 0.3) is 0 Å². The van der Waals surface area contributed by atoms with Crippen LogP contribution in [0.3, 0.4) is 0 Å². The number of amides is 1. The number of hydrogen-bond acceptors (Lipinski definition) is 6. The number of carbonyl (C=O) groups is 2. The van der Waals surface area contributed by atoms with E-state index in [0.29, 0.717) is 37.5 Å². The molecule has 1 amide bonds. The molecule has 13 heteroatoms. The number of carboxylic acid groups (broad SMARTS) is 1. The molecule has 2 fully saturated rings. The molecule has 0 bridgehead atoms. The van der Waals surface area contributed by atoms with Crippen molar-refractivity contribution < 1.29 is 23.1 Å². The molecule has 3 rings (SSSR count). The first-order valence-electron chi connectivity index (χ1n) is 9.97. The molecule has 2 aliphatic rings. The molecule has 1 aliphatic carbocycles. The Balaban J connectivity index is 0.00000240. The number of aliphatic carboxylic acids is 1. The molecule has 0 unspecified atom stereocenters. The zero-order valence-electron chi connectivity index (χ0n) is 17.4. The van der Waals surface area contributed by atoms with E-state index >= 15 is 0 Å². The molecule has 1 aliphatic heterocycles. The number of halogens is 2. The minimum Gasteiger partial charge on any atom is -0.480 e. The highest BCUT2D eigenvalue weighted by Crippen LogP contribution is 2.30. The van der Waals surface area contributed by atoms with Crippen LogP contribution in [-0.4, -0.2) is 71.2 Å². The Morgan fingerprint density at radius 3 is 2.35 bits per heavy atom. The summed E-state index contributed by atoms with van der Waals surface area (Å²) in [6.07, 6.45) is 8.63.